The number of amides is 1. The first kappa shape index (κ1) is 19.0. The molecule has 1 aliphatic heterocycles. The lowest BCUT2D eigenvalue weighted by Crippen LogP contribution is -2.49. The van der Waals surface area contributed by atoms with Gasteiger partial charge in [-0.1, -0.05) is 25.9 Å². The molecule has 25 heavy (non-hydrogen) atoms. The van der Waals surface area contributed by atoms with Crippen molar-refractivity contribution in [1.82, 2.24) is 25.7 Å². The van der Waals surface area contributed by atoms with Gasteiger partial charge in [0, 0.05) is 31.6 Å². The Balaban J connectivity index is 1.80. The Labute approximate surface area is 148 Å². The molecular weight excluding hydrogens is 324 g/mol. The van der Waals surface area contributed by atoms with Gasteiger partial charge in [0.2, 0.25) is 5.89 Å². The summed E-state index contributed by atoms with van der Waals surface area (Å²) in [5.41, 5.74) is -0.168. The Morgan fingerprint density at radius 3 is 2.60 bits per heavy atom. The molecule has 1 aliphatic rings. The van der Waals surface area contributed by atoms with Crippen molar-refractivity contribution in [2.45, 2.75) is 51.6 Å². The maximum Gasteiger partial charge on any atom is 0.409 e. The number of piperidine rings is 1. The molecular formula is C16H28N6O3. The number of aromatic nitrogens is 2. The number of methoxy groups -OCH3 is 1. The maximum absolute atomic E-state index is 11.5. The van der Waals surface area contributed by atoms with E-state index in [0.29, 0.717) is 37.3 Å². The number of ether oxygens (including phenoxy) is 1. The molecule has 140 valence electrons. The maximum atomic E-state index is 11.5. The third-order valence-electron chi connectivity index (χ3n) is 4.02. The molecule has 2 rings (SSSR count). The van der Waals surface area contributed by atoms with Crippen molar-refractivity contribution < 1.29 is 14.1 Å². The van der Waals surface area contributed by atoms with E-state index in [1.165, 1.54) is 7.11 Å². The predicted octanol–water partition coefficient (Wildman–Crippen LogP) is 1.26. The summed E-state index contributed by atoms with van der Waals surface area (Å²) in [6.45, 7) is 7.85. The quantitative estimate of drug-likeness (QED) is 0.623. The second-order valence-electron chi connectivity index (χ2n) is 7.07. The Bertz CT molecular complexity index is 599. The van der Waals surface area contributed by atoms with Gasteiger partial charge in [0.25, 0.3) is 0 Å². The van der Waals surface area contributed by atoms with Crippen LogP contribution in [0.2, 0.25) is 0 Å². The van der Waals surface area contributed by atoms with Gasteiger partial charge in [0.05, 0.1) is 13.7 Å². The van der Waals surface area contributed by atoms with Gasteiger partial charge in [0.1, 0.15) is 0 Å². The number of likely N-dealkylation sites (tertiary alicyclic amines) is 1. The van der Waals surface area contributed by atoms with E-state index in [4.69, 9.17) is 9.26 Å². The molecule has 0 aliphatic carbocycles. The van der Waals surface area contributed by atoms with Crippen LogP contribution in [0.5, 0.6) is 0 Å². The number of hydrogen-bond donors (Lipinski definition) is 2. The van der Waals surface area contributed by atoms with Crippen LogP contribution in [0.3, 0.4) is 0 Å². The van der Waals surface area contributed by atoms with Crippen molar-refractivity contribution in [3.8, 4) is 0 Å². The molecule has 1 aromatic heterocycles. The average molecular weight is 352 g/mol. The van der Waals surface area contributed by atoms with E-state index in [2.05, 4.69) is 25.8 Å². The van der Waals surface area contributed by atoms with Crippen LogP contribution in [0.25, 0.3) is 0 Å². The lowest BCUT2D eigenvalue weighted by Gasteiger charge is -2.32. The van der Waals surface area contributed by atoms with E-state index < -0.39 is 0 Å². The van der Waals surface area contributed by atoms with Gasteiger partial charge < -0.3 is 24.8 Å². The smallest absolute Gasteiger partial charge is 0.409 e. The minimum atomic E-state index is -0.271. The molecule has 0 unspecified atom stereocenters. The second-order valence-corrected chi connectivity index (χ2v) is 7.07. The number of carbonyl (C=O) groups excluding carboxylic acids is 1. The highest BCUT2D eigenvalue weighted by Crippen LogP contribution is 2.19. The number of aliphatic imine (C=N–C) groups is 1. The molecule has 0 saturated carbocycles. The fraction of sp³-hybridized carbons (Fsp3) is 0.750. The average Bonchev–Trinajstić information content (AvgIpc) is 3.08. The monoisotopic (exact) mass is 352 g/mol. The zero-order chi connectivity index (χ0) is 18.4. The largest absolute Gasteiger partial charge is 0.453 e. The van der Waals surface area contributed by atoms with E-state index in [9.17, 15) is 4.79 Å². The standard InChI is InChI=1S/C16H28N6O3/c1-16(2,3)13-20-12(21-25-13)10-18-14(17-4)19-11-6-8-22(9-7-11)15(23)24-5/h11H,6-10H2,1-5H3,(H2,17,18,19). The van der Waals surface area contributed by atoms with Crippen molar-refractivity contribution in [2.24, 2.45) is 4.99 Å². The zero-order valence-corrected chi connectivity index (χ0v) is 15.6. The zero-order valence-electron chi connectivity index (χ0n) is 15.6. The topological polar surface area (TPSA) is 105 Å². The first-order valence-electron chi connectivity index (χ1n) is 8.46. The van der Waals surface area contributed by atoms with Crippen LogP contribution in [-0.2, 0) is 16.7 Å². The van der Waals surface area contributed by atoms with Crippen LogP contribution in [0.15, 0.2) is 9.52 Å². The molecule has 0 radical (unpaired) electrons. The third kappa shape index (κ3) is 5.33. The van der Waals surface area contributed by atoms with Gasteiger partial charge >= 0.3 is 6.09 Å². The normalized spacial score (nSPS) is 16.7. The van der Waals surface area contributed by atoms with Gasteiger partial charge in [-0.3, -0.25) is 4.99 Å². The molecule has 1 aromatic rings. The second kappa shape index (κ2) is 8.17. The highest BCUT2D eigenvalue weighted by Gasteiger charge is 2.24. The Kier molecular flexibility index (Phi) is 6.22. The van der Waals surface area contributed by atoms with Crippen molar-refractivity contribution >= 4 is 12.1 Å². The van der Waals surface area contributed by atoms with Crippen LogP contribution in [0, 0.1) is 0 Å². The summed E-state index contributed by atoms with van der Waals surface area (Å²) in [4.78, 5) is 21.8. The lowest BCUT2D eigenvalue weighted by atomic mass is 9.97. The fourth-order valence-electron chi connectivity index (χ4n) is 2.52. The summed E-state index contributed by atoms with van der Waals surface area (Å²) in [7, 11) is 3.12. The summed E-state index contributed by atoms with van der Waals surface area (Å²) in [6, 6.07) is 0.252. The van der Waals surface area contributed by atoms with Crippen LogP contribution >= 0.6 is 0 Å². The summed E-state index contributed by atoms with van der Waals surface area (Å²) in [5, 5.41) is 10.5. The van der Waals surface area contributed by atoms with E-state index in [0.717, 1.165) is 12.8 Å². The molecule has 0 aromatic carbocycles. The molecule has 2 N–H and O–H groups in total. The van der Waals surface area contributed by atoms with Crippen molar-refractivity contribution in [1.29, 1.82) is 0 Å². The van der Waals surface area contributed by atoms with Crippen LogP contribution < -0.4 is 10.6 Å². The van der Waals surface area contributed by atoms with Gasteiger partial charge in [-0.15, -0.1) is 0 Å². The molecule has 0 spiro atoms. The third-order valence-corrected chi connectivity index (χ3v) is 4.02. The van der Waals surface area contributed by atoms with Crippen molar-refractivity contribution in [3.63, 3.8) is 0 Å². The SMILES string of the molecule is CN=C(NCc1noc(C(C)(C)C)n1)NC1CCN(C(=O)OC)CC1. The van der Waals surface area contributed by atoms with Crippen LogP contribution in [0.4, 0.5) is 4.79 Å². The molecule has 2 heterocycles. The number of carbonyl (C=O) groups is 1. The first-order chi connectivity index (χ1) is 11.8. The van der Waals surface area contributed by atoms with Gasteiger partial charge in [-0.2, -0.15) is 4.98 Å². The van der Waals surface area contributed by atoms with Gasteiger partial charge in [-0.25, -0.2) is 4.79 Å². The minimum absolute atomic E-state index is 0.168. The van der Waals surface area contributed by atoms with Crippen molar-refractivity contribution in [2.75, 3.05) is 27.2 Å². The van der Waals surface area contributed by atoms with E-state index in [1.54, 1.807) is 11.9 Å². The van der Waals surface area contributed by atoms with Crippen LogP contribution in [0.1, 0.15) is 45.3 Å². The number of guanidine groups is 1. The van der Waals surface area contributed by atoms with E-state index in [-0.39, 0.29) is 17.6 Å². The first-order valence-corrected chi connectivity index (χ1v) is 8.46. The minimum Gasteiger partial charge on any atom is -0.453 e. The molecule has 9 heteroatoms. The molecule has 1 amide bonds. The predicted molar refractivity (Wildman–Crippen MR) is 93.3 cm³/mol. The number of rotatable bonds is 3. The number of nitrogens with one attached hydrogen (secondary N) is 2. The molecule has 0 bridgehead atoms. The lowest BCUT2D eigenvalue weighted by molar-refractivity contribution is 0.111. The van der Waals surface area contributed by atoms with Gasteiger partial charge in [0.15, 0.2) is 11.8 Å². The Morgan fingerprint density at radius 2 is 2.08 bits per heavy atom. The van der Waals surface area contributed by atoms with Crippen molar-refractivity contribution in [3.05, 3.63) is 11.7 Å². The summed E-state index contributed by atoms with van der Waals surface area (Å²) < 4.78 is 10.0. The molecule has 9 nitrogen and oxygen atoms in total. The Hall–Kier alpha value is -2.32. The summed E-state index contributed by atoms with van der Waals surface area (Å²) >= 11 is 0. The van der Waals surface area contributed by atoms with E-state index >= 15 is 0 Å². The molecule has 0 atom stereocenters. The highest BCUT2D eigenvalue weighted by molar-refractivity contribution is 5.79. The molecule has 1 saturated heterocycles. The summed E-state index contributed by atoms with van der Waals surface area (Å²) in [5.74, 6) is 1.88. The molecule has 1 fully saturated rings. The Morgan fingerprint density at radius 1 is 1.40 bits per heavy atom. The fourth-order valence-corrected chi connectivity index (χ4v) is 2.52. The van der Waals surface area contributed by atoms with Crippen LogP contribution in [-0.4, -0.2) is 60.4 Å². The summed E-state index contributed by atoms with van der Waals surface area (Å²) in [6.07, 6.45) is 1.41. The number of nitrogens with zero attached hydrogens (tertiary/aromatic N) is 4. The van der Waals surface area contributed by atoms with Gasteiger partial charge in [-0.05, 0) is 12.8 Å². The highest BCUT2D eigenvalue weighted by atomic mass is 16.5. The van der Waals surface area contributed by atoms with E-state index in [1.807, 2.05) is 20.8 Å². The number of hydrogen-bond acceptors (Lipinski definition) is 6.